The number of hydrogen-bond acceptors (Lipinski definition) is 1. The molecule has 0 unspecified atom stereocenters. The molecule has 2 radical (unpaired) electrons. The number of fused-ring (bicyclic) bond motifs is 2. The van der Waals surface area contributed by atoms with Crippen molar-refractivity contribution in [2.45, 2.75) is 78.8 Å². The molecule has 310 valence electrons. The first-order chi connectivity index (χ1) is 29.0. The van der Waals surface area contributed by atoms with Gasteiger partial charge in [0.25, 0.3) is 0 Å². The second-order valence-electron chi connectivity index (χ2n) is 18.1. The zero-order chi connectivity index (χ0) is 44.3. The summed E-state index contributed by atoms with van der Waals surface area (Å²) in [7, 11) is 13.4. The van der Waals surface area contributed by atoms with Crippen LogP contribution in [0, 0.1) is 0 Å². The Morgan fingerprint density at radius 2 is 0.770 bits per heavy atom. The summed E-state index contributed by atoms with van der Waals surface area (Å²) in [5.74, 6) is 1.03. The van der Waals surface area contributed by atoms with E-state index < -0.39 is 37.3 Å². The number of benzene rings is 6. The van der Waals surface area contributed by atoms with Crippen molar-refractivity contribution in [3.8, 4) is 44.5 Å². The summed E-state index contributed by atoms with van der Waals surface area (Å²) >= 11 is -0.826. The average molecular weight is 952 g/mol. The molecule has 7 heteroatoms. The topological polar surface area (TPSA) is 3.24 Å². The quantitative estimate of drug-likeness (QED) is 0.108. The average Bonchev–Trinajstić information content (AvgIpc) is 3.90. The van der Waals surface area contributed by atoms with E-state index in [9.17, 15) is 0 Å². The third kappa shape index (κ3) is 12.8. The molecule has 0 saturated heterocycles. The van der Waals surface area contributed by atoms with Crippen molar-refractivity contribution in [2.75, 3.05) is 0 Å². The van der Waals surface area contributed by atoms with Gasteiger partial charge in [0.15, 0.2) is 7.98 Å². The monoisotopic (exact) mass is 949 g/mol. The first kappa shape index (κ1) is 48.5. The van der Waals surface area contributed by atoms with Crippen molar-refractivity contribution in [3.05, 3.63) is 181 Å². The van der Waals surface area contributed by atoms with Gasteiger partial charge in [-0.25, -0.2) is 0 Å². The van der Waals surface area contributed by atoms with Gasteiger partial charge in [-0.2, -0.15) is 0 Å². The van der Waals surface area contributed by atoms with Crippen LogP contribution in [0.15, 0.2) is 170 Å². The number of halogens is 2. The van der Waals surface area contributed by atoms with Crippen LogP contribution in [-0.2, 0) is 20.8 Å². The van der Waals surface area contributed by atoms with Crippen molar-refractivity contribution in [1.82, 2.24) is 4.14 Å². The molecule has 0 aliphatic carbocycles. The summed E-state index contributed by atoms with van der Waals surface area (Å²) in [6.45, 7) is 22.8. The molecule has 0 spiro atoms. The summed E-state index contributed by atoms with van der Waals surface area (Å²) in [5, 5.41) is 5.30. The molecule has 0 aliphatic rings. The maximum absolute atomic E-state index is 5.98. The Balaban J connectivity index is 0.000000181. The van der Waals surface area contributed by atoms with Gasteiger partial charge in [0.2, 0.25) is 0 Å². The molecule has 0 aliphatic heterocycles. The molecule has 0 saturated carbocycles. The van der Waals surface area contributed by atoms with Crippen LogP contribution in [0.5, 0.6) is 0 Å². The van der Waals surface area contributed by atoms with Gasteiger partial charge in [-0.05, 0) is 34.1 Å². The molecular formula is C54H60BCl2NSi2Zr. The fourth-order valence-electron chi connectivity index (χ4n) is 8.03. The van der Waals surface area contributed by atoms with Gasteiger partial charge in [0, 0.05) is 0 Å². The molecule has 0 N–H and O–H groups in total. The Labute approximate surface area is 389 Å². The van der Waals surface area contributed by atoms with Crippen LogP contribution < -0.4 is 0 Å². The van der Waals surface area contributed by atoms with Gasteiger partial charge >= 0.3 is 37.9 Å². The Morgan fingerprint density at radius 1 is 0.459 bits per heavy atom. The molecular weight excluding hydrogens is 892 g/mol. The minimum atomic E-state index is -1.22. The van der Waals surface area contributed by atoms with E-state index in [0.717, 1.165) is 0 Å². The third-order valence-electron chi connectivity index (χ3n) is 10.9. The SMILES string of the molecule is CC(C)c1ccccc1-c1cccc2[cH-]c(-c3ccccc3)cc12.CC(C)c1ccccc1-c1cccc2[cH-]c(-c3ccccc3)cc12.[B]N([Si](C)(C)C)[Si](C)(C)C.[Cl][Zr+2][Cl]. The van der Waals surface area contributed by atoms with Crippen molar-refractivity contribution in [2.24, 2.45) is 0 Å². The third-order valence-corrected chi connectivity index (χ3v) is 17.8. The summed E-state index contributed by atoms with van der Waals surface area (Å²) in [6, 6.07) is 61.3. The molecule has 0 aromatic heterocycles. The van der Waals surface area contributed by atoms with Crippen LogP contribution >= 0.6 is 17.0 Å². The van der Waals surface area contributed by atoms with E-state index in [2.05, 4.69) is 241 Å². The van der Waals surface area contributed by atoms with Gasteiger partial charge < -0.3 is 4.14 Å². The summed E-state index contributed by atoms with van der Waals surface area (Å²) < 4.78 is 2.15. The normalized spacial score (nSPS) is 11.4. The number of rotatable bonds is 8. The summed E-state index contributed by atoms with van der Waals surface area (Å²) in [6.07, 6.45) is 0. The standard InChI is InChI=1S/2C24H21.C6H18BNSi2.2ClH.Zr/c2*1-17(2)21-12-6-7-13-22(21)23-14-8-11-19-15-20(16-24(19)23)18-9-4-3-5-10-18;1-9(2,3)8(7)10(4,5)6;;;/h2*3-17H,1-2H3;1-6H3;2*1H;/q2*-1;;;;+4/p-2. The van der Waals surface area contributed by atoms with Crippen molar-refractivity contribution in [3.63, 3.8) is 0 Å². The fraction of sp³-hybridized carbons (Fsp3) is 0.222. The maximum atomic E-state index is 5.98. The summed E-state index contributed by atoms with van der Waals surface area (Å²) in [5.41, 5.74) is 13.3. The van der Waals surface area contributed by atoms with E-state index in [1.165, 1.54) is 77.2 Å². The Kier molecular flexibility index (Phi) is 17.6. The first-order valence-electron chi connectivity index (χ1n) is 21.2. The number of hydrogen-bond donors (Lipinski definition) is 0. The van der Waals surface area contributed by atoms with E-state index in [1.54, 1.807) is 0 Å². The second-order valence-corrected chi connectivity index (χ2v) is 31.9. The van der Waals surface area contributed by atoms with E-state index in [-0.39, 0.29) is 0 Å². The second kappa shape index (κ2) is 22.2. The van der Waals surface area contributed by atoms with E-state index >= 15 is 0 Å². The molecule has 8 aromatic carbocycles. The van der Waals surface area contributed by atoms with Crippen LogP contribution in [-0.4, -0.2) is 28.6 Å². The van der Waals surface area contributed by atoms with Gasteiger partial charge in [-0.15, -0.1) is 69.1 Å². The van der Waals surface area contributed by atoms with Crippen molar-refractivity contribution in [1.29, 1.82) is 0 Å². The Morgan fingerprint density at radius 3 is 1.08 bits per heavy atom. The van der Waals surface area contributed by atoms with Crippen LogP contribution in [0.3, 0.4) is 0 Å². The van der Waals surface area contributed by atoms with Crippen molar-refractivity contribution >= 4 is 63.0 Å². The van der Waals surface area contributed by atoms with Crippen LogP contribution in [0.2, 0.25) is 39.3 Å². The first-order valence-corrected chi connectivity index (χ1v) is 34.5. The molecule has 0 atom stereocenters. The van der Waals surface area contributed by atoms with Gasteiger partial charge in [0.05, 0.1) is 0 Å². The van der Waals surface area contributed by atoms with E-state index in [4.69, 9.17) is 25.0 Å². The zero-order valence-electron chi connectivity index (χ0n) is 37.6. The summed E-state index contributed by atoms with van der Waals surface area (Å²) in [4.78, 5) is 0. The fourth-order valence-corrected chi connectivity index (χ4v) is 16.1. The predicted octanol–water partition coefficient (Wildman–Crippen LogP) is 17.5. The Bertz CT molecular complexity index is 2410. The molecule has 0 heterocycles. The van der Waals surface area contributed by atoms with Crippen LogP contribution in [0.4, 0.5) is 0 Å². The van der Waals surface area contributed by atoms with Crippen LogP contribution in [0.1, 0.15) is 50.7 Å². The number of nitrogens with zero attached hydrogens (tertiary/aromatic N) is 1. The van der Waals surface area contributed by atoms with Gasteiger partial charge in [-0.3, -0.25) is 0 Å². The van der Waals surface area contributed by atoms with Crippen LogP contribution in [0.25, 0.3) is 66.1 Å². The van der Waals surface area contributed by atoms with E-state index in [0.29, 0.717) is 11.8 Å². The molecule has 1 nitrogen and oxygen atoms in total. The van der Waals surface area contributed by atoms with E-state index in [1.807, 2.05) is 0 Å². The molecule has 0 bridgehead atoms. The molecule has 0 amide bonds. The molecule has 0 fully saturated rings. The molecule has 8 rings (SSSR count). The minimum absolute atomic E-state index is 0.514. The molecule has 8 aromatic rings. The predicted molar refractivity (Wildman–Crippen MR) is 275 cm³/mol. The van der Waals surface area contributed by atoms with Gasteiger partial charge in [-0.1, -0.05) is 223 Å². The molecule has 61 heavy (non-hydrogen) atoms. The van der Waals surface area contributed by atoms with Crippen molar-refractivity contribution < 1.29 is 20.8 Å². The van der Waals surface area contributed by atoms with Gasteiger partial charge in [0.1, 0.15) is 16.5 Å². The Hall–Kier alpha value is -3.54. The zero-order valence-corrected chi connectivity index (χ0v) is 43.6.